The van der Waals surface area contributed by atoms with E-state index in [9.17, 15) is 29.1 Å². The summed E-state index contributed by atoms with van der Waals surface area (Å²) in [6.07, 6.45) is -1.19. The molecule has 0 spiro atoms. The summed E-state index contributed by atoms with van der Waals surface area (Å²) in [4.78, 5) is 62.4. The van der Waals surface area contributed by atoms with Crippen molar-refractivity contribution in [2.24, 2.45) is 5.92 Å². The number of aliphatic carboxylic acids is 1. The van der Waals surface area contributed by atoms with E-state index in [2.05, 4.69) is 10.2 Å². The molecular formula is C14H20N2O8. The molecule has 134 valence electrons. The van der Waals surface area contributed by atoms with Crippen molar-refractivity contribution in [1.29, 1.82) is 0 Å². The maximum absolute atomic E-state index is 12.0. The number of ether oxygens (including phenoxy) is 1. The van der Waals surface area contributed by atoms with Gasteiger partial charge in [-0.15, -0.1) is 5.06 Å². The number of nitrogens with one attached hydrogen (secondary N) is 1. The smallest absolute Gasteiger partial charge is 0.408 e. The van der Waals surface area contributed by atoms with E-state index in [0.29, 0.717) is 5.06 Å². The molecule has 0 bridgehead atoms. The summed E-state index contributed by atoms with van der Waals surface area (Å²) >= 11 is 0. The summed E-state index contributed by atoms with van der Waals surface area (Å²) in [5.41, 5.74) is -0.856. The number of imide groups is 1. The molecule has 0 radical (unpaired) electrons. The van der Waals surface area contributed by atoms with Crippen LogP contribution in [0.4, 0.5) is 4.79 Å². The molecule has 2 N–H and O–H groups in total. The molecular weight excluding hydrogens is 324 g/mol. The van der Waals surface area contributed by atoms with Crippen LogP contribution in [0.1, 0.15) is 40.5 Å². The fourth-order valence-electron chi connectivity index (χ4n) is 1.80. The van der Waals surface area contributed by atoms with Crippen molar-refractivity contribution < 1.29 is 38.7 Å². The number of hydroxylamine groups is 2. The van der Waals surface area contributed by atoms with Crippen LogP contribution in [0.15, 0.2) is 0 Å². The highest BCUT2D eigenvalue weighted by Gasteiger charge is 2.38. The number of hydrogen-bond donors (Lipinski definition) is 2. The van der Waals surface area contributed by atoms with Crippen molar-refractivity contribution in [1.82, 2.24) is 10.4 Å². The number of amides is 3. The van der Waals surface area contributed by atoms with Gasteiger partial charge in [-0.3, -0.25) is 9.59 Å². The van der Waals surface area contributed by atoms with Gasteiger partial charge in [-0.05, 0) is 27.7 Å². The molecule has 1 saturated heterocycles. The standard InChI is InChI=1S/C14H20N2O8/c1-7(12(21)24-16-8(17)5-6-9(16)18)10(11(19)20)15-13(22)23-14(2,3)4/h7,10H,5-6H2,1-4H3,(H,15,22)(H,19,20)/t7?,10-/m1/s1. The Kier molecular flexibility index (Phi) is 5.88. The second kappa shape index (κ2) is 7.28. The van der Waals surface area contributed by atoms with Crippen LogP contribution in [0.2, 0.25) is 0 Å². The highest BCUT2D eigenvalue weighted by Crippen LogP contribution is 2.16. The van der Waals surface area contributed by atoms with Crippen LogP contribution in [0, 0.1) is 5.92 Å². The Morgan fingerprint density at radius 1 is 1.17 bits per heavy atom. The average Bonchev–Trinajstić information content (AvgIpc) is 2.73. The highest BCUT2D eigenvalue weighted by atomic mass is 16.7. The van der Waals surface area contributed by atoms with Gasteiger partial charge in [0.1, 0.15) is 11.6 Å². The lowest BCUT2D eigenvalue weighted by molar-refractivity contribution is -0.201. The summed E-state index contributed by atoms with van der Waals surface area (Å²) in [6.45, 7) is 5.95. The number of rotatable bonds is 5. The lowest BCUT2D eigenvalue weighted by Gasteiger charge is -2.24. The normalized spacial score (nSPS) is 17.2. The van der Waals surface area contributed by atoms with Crippen molar-refractivity contribution in [2.75, 3.05) is 0 Å². The average molecular weight is 344 g/mol. The third-order valence-electron chi connectivity index (χ3n) is 3.00. The molecule has 2 atom stereocenters. The third-order valence-corrected chi connectivity index (χ3v) is 3.00. The molecule has 0 aromatic rings. The van der Waals surface area contributed by atoms with Crippen LogP contribution in [-0.2, 0) is 28.8 Å². The van der Waals surface area contributed by atoms with Gasteiger partial charge >= 0.3 is 18.0 Å². The number of nitrogens with zero attached hydrogens (tertiary/aromatic N) is 1. The fourth-order valence-corrected chi connectivity index (χ4v) is 1.80. The zero-order valence-corrected chi connectivity index (χ0v) is 13.8. The van der Waals surface area contributed by atoms with Crippen LogP contribution in [-0.4, -0.2) is 51.7 Å². The largest absolute Gasteiger partial charge is 0.480 e. The Morgan fingerprint density at radius 2 is 1.67 bits per heavy atom. The van der Waals surface area contributed by atoms with E-state index in [4.69, 9.17) is 4.74 Å². The first kappa shape index (κ1) is 19.4. The zero-order chi connectivity index (χ0) is 18.7. The summed E-state index contributed by atoms with van der Waals surface area (Å²) in [5.74, 6) is -5.37. The van der Waals surface area contributed by atoms with E-state index in [-0.39, 0.29) is 12.8 Å². The Labute approximate surface area is 138 Å². The summed E-state index contributed by atoms with van der Waals surface area (Å²) in [7, 11) is 0. The SMILES string of the molecule is CC(C(=O)ON1C(=O)CCC1=O)[C@@H](NC(=O)OC(C)(C)C)C(=O)O. The van der Waals surface area contributed by atoms with Gasteiger partial charge in [-0.1, -0.05) is 0 Å². The monoisotopic (exact) mass is 344 g/mol. The highest BCUT2D eigenvalue weighted by molar-refractivity contribution is 6.01. The van der Waals surface area contributed by atoms with Crippen molar-refractivity contribution >= 4 is 29.8 Å². The van der Waals surface area contributed by atoms with E-state index < -0.39 is 47.4 Å². The molecule has 1 fully saturated rings. The van der Waals surface area contributed by atoms with Gasteiger partial charge in [0.25, 0.3) is 11.8 Å². The van der Waals surface area contributed by atoms with Gasteiger partial charge in [0.2, 0.25) is 0 Å². The molecule has 3 amide bonds. The van der Waals surface area contributed by atoms with Gasteiger partial charge in [-0.2, -0.15) is 0 Å². The predicted octanol–water partition coefficient (Wildman–Crippen LogP) is 0.208. The minimum Gasteiger partial charge on any atom is -0.480 e. The number of alkyl carbamates (subject to hydrolysis) is 1. The van der Waals surface area contributed by atoms with Crippen molar-refractivity contribution in [2.45, 2.75) is 52.2 Å². The quantitative estimate of drug-likeness (QED) is 0.675. The van der Waals surface area contributed by atoms with Gasteiger partial charge in [0.05, 0.1) is 5.92 Å². The van der Waals surface area contributed by atoms with Gasteiger partial charge in [-0.25, -0.2) is 14.4 Å². The molecule has 10 nitrogen and oxygen atoms in total. The molecule has 1 heterocycles. The number of carboxylic acids is 1. The van der Waals surface area contributed by atoms with Gasteiger partial charge in [0, 0.05) is 12.8 Å². The van der Waals surface area contributed by atoms with Crippen LogP contribution in [0.3, 0.4) is 0 Å². The first-order chi connectivity index (χ1) is 10.9. The van der Waals surface area contributed by atoms with E-state index in [1.54, 1.807) is 20.8 Å². The summed E-state index contributed by atoms with van der Waals surface area (Å²) in [5, 5.41) is 11.5. The van der Waals surface area contributed by atoms with Crippen molar-refractivity contribution in [3.63, 3.8) is 0 Å². The Bertz CT molecular complexity index is 550. The molecule has 24 heavy (non-hydrogen) atoms. The van der Waals surface area contributed by atoms with E-state index in [0.717, 1.165) is 0 Å². The minimum absolute atomic E-state index is 0.0843. The lowest BCUT2D eigenvalue weighted by atomic mass is 10.0. The first-order valence-electron chi connectivity index (χ1n) is 7.22. The summed E-state index contributed by atoms with van der Waals surface area (Å²) in [6, 6.07) is -1.65. The minimum atomic E-state index is -1.65. The molecule has 1 rings (SSSR count). The molecule has 0 saturated carbocycles. The lowest BCUT2D eigenvalue weighted by Crippen LogP contribution is -2.50. The number of hydrogen-bond acceptors (Lipinski definition) is 7. The Morgan fingerprint density at radius 3 is 2.08 bits per heavy atom. The number of carbonyl (C=O) groups is 5. The molecule has 0 aromatic carbocycles. The van der Waals surface area contributed by atoms with Gasteiger partial charge < -0.3 is 20.0 Å². The van der Waals surface area contributed by atoms with Gasteiger partial charge in [0.15, 0.2) is 0 Å². The first-order valence-corrected chi connectivity index (χ1v) is 7.22. The number of carbonyl (C=O) groups excluding carboxylic acids is 4. The van der Waals surface area contributed by atoms with Crippen LogP contribution < -0.4 is 5.32 Å². The summed E-state index contributed by atoms with van der Waals surface area (Å²) < 4.78 is 4.93. The van der Waals surface area contributed by atoms with E-state index in [1.807, 2.05) is 0 Å². The van der Waals surface area contributed by atoms with Crippen LogP contribution in [0.25, 0.3) is 0 Å². The topological polar surface area (TPSA) is 139 Å². The van der Waals surface area contributed by atoms with Crippen LogP contribution in [0.5, 0.6) is 0 Å². The second-order valence-electron chi connectivity index (χ2n) is 6.24. The maximum Gasteiger partial charge on any atom is 0.408 e. The molecule has 1 aliphatic rings. The Hall–Kier alpha value is -2.65. The molecule has 10 heteroatoms. The van der Waals surface area contributed by atoms with E-state index in [1.165, 1.54) is 6.92 Å². The Balaban J connectivity index is 2.75. The number of carboxylic acid groups (broad SMARTS) is 1. The van der Waals surface area contributed by atoms with Crippen LogP contribution >= 0.6 is 0 Å². The molecule has 1 unspecified atom stereocenters. The molecule has 0 aliphatic carbocycles. The predicted molar refractivity (Wildman–Crippen MR) is 77.1 cm³/mol. The van der Waals surface area contributed by atoms with Crippen molar-refractivity contribution in [3.8, 4) is 0 Å². The second-order valence-corrected chi connectivity index (χ2v) is 6.24. The fraction of sp³-hybridized carbons (Fsp3) is 0.643. The molecule has 0 aromatic heterocycles. The van der Waals surface area contributed by atoms with Crippen molar-refractivity contribution in [3.05, 3.63) is 0 Å². The molecule has 1 aliphatic heterocycles. The van der Waals surface area contributed by atoms with E-state index >= 15 is 0 Å². The zero-order valence-electron chi connectivity index (χ0n) is 13.8. The maximum atomic E-state index is 12.0. The third kappa shape index (κ3) is 5.21.